The summed E-state index contributed by atoms with van der Waals surface area (Å²) in [5, 5.41) is 0.482. The topological polar surface area (TPSA) is 0 Å². The van der Waals surface area contributed by atoms with E-state index in [9.17, 15) is 4.39 Å². The average molecular weight is 216 g/mol. The Morgan fingerprint density at radius 2 is 1.85 bits per heavy atom. The van der Waals surface area contributed by atoms with Crippen molar-refractivity contribution in [2.75, 3.05) is 18.3 Å². The Morgan fingerprint density at radius 1 is 1.23 bits per heavy atom. The molecule has 0 aliphatic rings. The predicted octanol–water partition coefficient (Wildman–Crippen LogP) is 3.59. The minimum absolute atomic E-state index is 0.159. The highest BCUT2D eigenvalue weighted by molar-refractivity contribution is 8.02. The van der Waals surface area contributed by atoms with Gasteiger partial charge in [-0.3, -0.25) is 0 Å². The first-order chi connectivity index (χ1) is 6.27. The maximum atomic E-state index is 12.6. The van der Waals surface area contributed by atoms with Gasteiger partial charge in [0.1, 0.15) is 5.82 Å². The predicted molar refractivity (Wildman–Crippen MR) is 61.0 cm³/mol. The first-order valence-corrected chi connectivity index (χ1v) is 6.73. The molecule has 0 radical (unpaired) electrons. The first-order valence-electron chi connectivity index (χ1n) is 4.05. The summed E-state index contributed by atoms with van der Waals surface area (Å²) in [6, 6.07) is 6.79. The van der Waals surface area contributed by atoms with Crippen molar-refractivity contribution >= 4 is 23.5 Å². The van der Waals surface area contributed by atoms with E-state index in [1.165, 1.54) is 17.7 Å². The molecule has 0 aliphatic heterocycles. The summed E-state index contributed by atoms with van der Waals surface area (Å²) < 4.78 is 12.6. The molecule has 1 aromatic carbocycles. The lowest BCUT2D eigenvalue weighted by atomic mass is 10.2. The van der Waals surface area contributed by atoms with Crippen LogP contribution in [0.5, 0.6) is 0 Å². The highest BCUT2D eigenvalue weighted by Crippen LogP contribution is 2.29. The van der Waals surface area contributed by atoms with Crippen LogP contribution in [0, 0.1) is 5.82 Å². The van der Waals surface area contributed by atoms with Gasteiger partial charge in [-0.2, -0.15) is 23.5 Å². The van der Waals surface area contributed by atoms with E-state index in [4.69, 9.17) is 0 Å². The van der Waals surface area contributed by atoms with Crippen LogP contribution in [-0.2, 0) is 0 Å². The van der Waals surface area contributed by atoms with Crippen LogP contribution in [0.4, 0.5) is 4.39 Å². The molecule has 0 aromatic heterocycles. The molecule has 0 spiro atoms. The van der Waals surface area contributed by atoms with Gasteiger partial charge >= 0.3 is 0 Å². The summed E-state index contributed by atoms with van der Waals surface area (Å²) in [7, 11) is 0. The minimum atomic E-state index is -0.159. The molecule has 0 bridgehead atoms. The van der Waals surface area contributed by atoms with E-state index in [0.29, 0.717) is 5.25 Å². The second-order valence-electron chi connectivity index (χ2n) is 2.73. The molecule has 72 valence electrons. The van der Waals surface area contributed by atoms with Gasteiger partial charge in [-0.15, -0.1) is 0 Å². The molecule has 0 amide bonds. The van der Waals surface area contributed by atoms with Crippen molar-refractivity contribution in [2.45, 2.75) is 5.25 Å². The van der Waals surface area contributed by atoms with Gasteiger partial charge in [-0.25, -0.2) is 4.39 Å². The highest BCUT2D eigenvalue weighted by Gasteiger charge is 2.08. The number of rotatable bonds is 4. The standard InChI is InChI=1S/C10H13FS2/c1-12-7-10(13-2)8-3-5-9(11)6-4-8/h3-6,10H,7H2,1-2H3. The summed E-state index contributed by atoms with van der Waals surface area (Å²) in [5.41, 5.74) is 1.21. The third kappa shape index (κ3) is 3.24. The van der Waals surface area contributed by atoms with Crippen LogP contribution in [0.2, 0.25) is 0 Å². The van der Waals surface area contributed by atoms with Crippen LogP contribution in [0.15, 0.2) is 24.3 Å². The third-order valence-corrected chi connectivity index (χ3v) is 3.73. The molecule has 0 nitrogen and oxygen atoms in total. The second-order valence-corrected chi connectivity index (χ2v) is 4.68. The Morgan fingerprint density at radius 3 is 2.31 bits per heavy atom. The van der Waals surface area contributed by atoms with Crippen LogP contribution in [0.1, 0.15) is 10.8 Å². The molecule has 1 unspecified atom stereocenters. The smallest absolute Gasteiger partial charge is 0.123 e. The van der Waals surface area contributed by atoms with Gasteiger partial charge in [0.25, 0.3) is 0 Å². The molecule has 0 fully saturated rings. The van der Waals surface area contributed by atoms with Gasteiger partial charge in [0.15, 0.2) is 0 Å². The normalized spacial score (nSPS) is 12.8. The van der Waals surface area contributed by atoms with Crippen molar-refractivity contribution in [1.82, 2.24) is 0 Å². The van der Waals surface area contributed by atoms with Crippen molar-refractivity contribution in [2.24, 2.45) is 0 Å². The molecular weight excluding hydrogens is 203 g/mol. The van der Waals surface area contributed by atoms with Crippen LogP contribution >= 0.6 is 23.5 Å². The molecule has 1 atom stereocenters. The van der Waals surface area contributed by atoms with Gasteiger partial charge in [0.2, 0.25) is 0 Å². The summed E-state index contributed by atoms with van der Waals surface area (Å²) in [6.07, 6.45) is 4.18. The maximum Gasteiger partial charge on any atom is 0.123 e. The lowest BCUT2D eigenvalue weighted by molar-refractivity contribution is 0.627. The zero-order chi connectivity index (χ0) is 9.68. The van der Waals surface area contributed by atoms with Gasteiger partial charge in [-0.1, -0.05) is 12.1 Å². The Hall–Kier alpha value is -0.150. The van der Waals surface area contributed by atoms with E-state index < -0.39 is 0 Å². The Balaban J connectivity index is 2.73. The van der Waals surface area contributed by atoms with Crippen molar-refractivity contribution in [3.8, 4) is 0 Å². The number of hydrogen-bond acceptors (Lipinski definition) is 2. The van der Waals surface area contributed by atoms with E-state index in [0.717, 1.165) is 5.75 Å². The molecule has 0 saturated heterocycles. The Bertz CT molecular complexity index is 246. The van der Waals surface area contributed by atoms with Gasteiger partial charge < -0.3 is 0 Å². The fourth-order valence-electron chi connectivity index (χ4n) is 1.13. The van der Waals surface area contributed by atoms with Crippen LogP contribution in [0.3, 0.4) is 0 Å². The van der Waals surface area contributed by atoms with Crippen molar-refractivity contribution in [3.05, 3.63) is 35.6 Å². The molecule has 1 rings (SSSR count). The lowest BCUT2D eigenvalue weighted by Gasteiger charge is -2.12. The average Bonchev–Trinajstić information content (AvgIpc) is 2.16. The van der Waals surface area contributed by atoms with Crippen molar-refractivity contribution < 1.29 is 4.39 Å². The Kier molecular flexibility index (Phi) is 4.67. The highest BCUT2D eigenvalue weighted by atomic mass is 32.2. The third-order valence-electron chi connectivity index (χ3n) is 1.84. The summed E-state index contributed by atoms with van der Waals surface area (Å²) in [5.74, 6) is 0.917. The molecule has 0 saturated carbocycles. The first kappa shape index (κ1) is 10.9. The van der Waals surface area contributed by atoms with Crippen molar-refractivity contribution in [1.29, 1.82) is 0 Å². The van der Waals surface area contributed by atoms with Gasteiger partial charge in [0.05, 0.1) is 0 Å². The van der Waals surface area contributed by atoms with Crippen LogP contribution < -0.4 is 0 Å². The molecule has 3 heteroatoms. The molecule has 1 aromatic rings. The number of benzene rings is 1. The fraction of sp³-hybridized carbons (Fsp3) is 0.400. The maximum absolute atomic E-state index is 12.6. The molecule has 0 N–H and O–H groups in total. The SMILES string of the molecule is CSCC(SC)c1ccc(F)cc1. The summed E-state index contributed by atoms with van der Waals surface area (Å²) in [4.78, 5) is 0. The summed E-state index contributed by atoms with van der Waals surface area (Å²) >= 11 is 3.63. The molecule has 0 heterocycles. The monoisotopic (exact) mass is 216 g/mol. The van der Waals surface area contributed by atoms with Crippen molar-refractivity contribution in [3.63, 3.8) is 0 Å². The van der Waals surface area contributed by atoms with Gasteiger partial charge in [-0.05, 0) is 30.2 Å². The molecule has 0 aliphatic carbocycles. The van der Waals surface area contributed by atoms with E-state index in [-0.39, 0.29) is 5.82 Å². The lowest BCUT2D eigenvalue weighted by Crippen LogP contribution is -1.96. The quantitative estimate of drug-likeness (QED) is 0.754. The molecule has 13 heavy (non-hydrogen) atoms. The zero-order valence-corrected chi connectivity index (χ0v) is 9.42. The fourth-order valence-corrected chi connectivity index (χ4v) is 3.01. The number of halogens is 1. The zero-order valence-electron chi connectivity index (χ0n) is 7.79. The summed E-state index contributed by atoms with van der Waals surface area (Å²) in [6.45, 7) is 0. The number of thioether (sulfide) groups is 2. The molecular formula is C10H13FS2. The minimum Gasteiger partial charge on any atom is -0.207 e. The van der Waals surface area contributed by atoms with E-state index in [1.807, 2.05) is 35.7 Å². The van der Waals surface area contributed by atoms with E-state index in [1.54, 1.807) is 0 Å². The van der Waals surface area contributed by atoms with Gasteiger partial charge in [0, 0.05) is 11.0 Å². The Labute approximate surface area is 87.3 Å². The van der Waals surface area contributed by atoms with Crippen LogP contribution in [0.25, 0.3) is 0 Å². The number of hydrogen-bond donors (Lipinski definition) is 0. The second kappa shape index (κ2) is 5.55. The van der Waals surface area contributed by atoms with E-state index in [2.05, 4.69) is 12.5 Å². The van der Waals surface area contributed by atoms with E-state index >= 15 is 0 Å². The largest absolute Gasteiger partial charge is 0.207 e. The van der Waals surface area contributed by atoms with Crippen LogP contribution in [-0.4, -0.2) is 18.3 Å².